The fraction of sp³-hybridized carbons (Fsp3) is 0.150. The van der Waals surface area contributed by atoms with E-state index in [2.05, 4.69) is 5.32 Å². The molecule has 0 aliphatic heterocycles. The molecular formula is C20H15F2NO6. The first kappa shape index (κ1) is 20.0. The number of rotatable bonds is 6. The van der Waals surface area contributed by atoms with E-state index in [1.807, 2.05) is 0 Å². The normalized spacial score (nSPS) is 10.6. The van der Waals surface area contributed by atoms with E-state index >= 15 is 0 Å². The van der Waals surface area contributed by atoms with Crippen LogP contribution in [0, 0.1) is 18.6 Å². The molecule has 0 aliphatic rings. The van der Waals surface area contributed by atoms with Crippen molar-refractivity contribution in [3.63, 3.8) is 0 Å². The van der Waals surface area contributed by atoms with Gasteiger partial charge in [0.2, 0.25) is 0 Å². The van der Waals surface area contributed by atoms with Gasteiger partial charge < -0.3 is 19.2 Å². The Morgan fingerprint density at radius 1 is 1.03 bits per heavy atom. The molecule has 1 aromatic heterocycles. The number of carbonyl (C=O) groups is 2. The van der Waals surface area contributed by atoms with Crippen molar-refractivity contribution < 1.29 is 32.3 Å². The Kier molecular flexibility index (Phi) is 5.87. The highest BCUT2D eigenvalue weighted by Gasteiger charge is 2.11. The molecule has 0 saturated heterocycles. The number of hydrogen-bond acceptors (Lipinski definition) is 6. The molecule has 0 saturated carbocycles. The molecule has 0 aliphatic carbocycles. The predicted octanol–water partition coefficient (Wildman–Crippen LogP) is 2.94. The molecular weight excluding hydrogens is 388 g/mol. The van der Waals surface area contributed by atoms with Gasteiger partial charge in [-0.2, -0.15) is 0 Å². The van der Waals surface area contributed by atoms with Gasteiger partial charge in [0.05, 0.1) is 0 Å². The van der Waals surface area contributed by atoms with Crippen LogP contribution < -0.4 is 15.7 Å². The molecule has 1 amide bonds. The lowest BCUT2D eigenvalue weighted by Crippen LogP contribution is -2.23. The molecule has 0 bridgehead atoms. The van der Waals surface area contributed by atoms with Gasteiger partial charge in [-0.15, -0.1) is 0 Å². The molecule has 2 aromatic carbocycles. The summed E-state index contributed by atoms with van der Waals surface area (Å²) >= 11 is 0. The van der Waals surface area contributed by atoms with E-state index in [0.717, 1.165) is 23.1 Å². The van der Waals surface area contributed by atoms with Crippen molar-refractivity contribution in [1.29, 1.82) is 0 Å². The monoisotopic (exact) mass is 403 g/mol. The van der Waals surface area contributed by atoms with Crippen LogP contribution in [-0.2, 0) is 14.3 Å². The SMILES string of the molecule is Cc1cc(=O)oc2cc(OCC(=O)OCC(=O)Nc3ccc(F)c(F)c3)ccc12. The van der Waals surface area contributed by atoms with Crippen LogP contribution in [0.1, 0.15) is 5.56 Å². The lowest BCUT2D eigenvalue weighted by molar-refractivity contribution is -0.149. The quantitative estimate of drug-likeness (QED) is 0.502. The fourth-order valence-corrected chi connectivity index (χ4v) is 2.50. The number of fused-ring (bicyclic) bond motifs is 1. The Hall–Kier alpha value is -3.75. The third-order valence-electron chi connectivity index (χ3n) is 3.85. The van der Waals surface area contributed by atoms with Gasteiger partial charge in [0.15, 0.2) is 24.8 Å². The van der Waals surface area contributed by atoms with Gasteiger partial charge in [-0.1, -0.05) is 0 Å². The lowest BCUT2D eigenvalue weighted by Gasteiger charge is -2.09. The van der Waals surface area contributed by atoms with Crippen LogP contribution in [0.4, 0.5) is 14.5 Å². The maximum atomic E-state index is 13.1. The van der Waals surface area contributed by atoms with Gasteiger partial charge in [0.25, 0.3) is 5.91 Å². The molecule has 0 radical (unpaired) electrons. The minimum absolute atomic E-state index is 0.0224. The molecule has 1 N–H and O–H groups in total. The smallest absolute Gasteiger partial charge is 0.344 e. The van der Waals surface area contributed by atoms with E-state index in [1.165, 1.54) is 18.2 Å². The van der Waals surface area contributed by atoms with Gasteiger partial charge in [0.1, 0.15) is 11.3 Å². The van der Waals surface area contributed by atoms with Crippen LogP contribution in [0.25, 0.3) is 11.0 Å². The van der Waals surface area contributed by atoms with Crippen molar-refractivity contribution in [2.75, 3.05) is 18.5 Å². The number of benzene rings is 2. The van der Waals surface area contributed by atoms with Gasteiger partial charge in [-0.25, -0.2) is 18.4 Å². The highest BCUT2D eigenvalue weighted by Crippen LogP contribution is 2.22. The molecule has 0 unspecified atom stereocenters. The standard InChI is InChI=1S/C20H15F2NO6/c1-11-6-19(25)29-17-8-13(3-4-14(11)17)27-10-20(26)28-9-18(24)23-12-2-5-15(21)16(22)7-12/h2-8H,9-10H2,1H3,(H,23,24). The van der Waals surface area contributed by atoms with E-state index in [0.29, 0.717) is 5.58 Å². The zero-order valence-electron chi connectivity index (χ0n) is 15.2. The number of ether oxygens (including phenoxy) is 2. The highest BCUT2D eigenvalue weighted by atomic mass is 19.2. The molecule has 29 heavy (non-hydrogen) atoms. The number of esters is 1. The second kappa shape index (κ2) is 8.51. The summed E-state index contributed by atoms with van der Waals surface area (Å²) in [4.78, 5) is 34.9. The van der Waals surface area contributed by atoms with Crippen molar-refractivity contribution in [1.82, 2.24) is 0 Å². The van der Waals surface area contributed by atoms with Crippen molar-refractivity contribution in [2.24, 2.45) is 0 Å². The highest BCUT2D eigenvalue weighted by molar-refractivity contribution is 5.92. The van der Waals surface area contributed by atoms with E-state index in [1.54, 1.807) is 19.1 Å². The summed E-state index contributed by atoms with van der Waals surface area (Å²) in [7, 11) is 0. The number of anilines is 1. The first-order chi connectivity index (χ1) is 13.8. The zero-order valence-corrected chi connectivity index (χ0v) is 15.2. The molecule has 9 heteroatoms. The summed E-state index contributed by atoms with van der Waals surface area (Å²) in [6.45, 7) is 0.648. The van der Waals surface area contributed by atoms with Gasteiger partial charge in [-0.05, 0) is 36.8 Å². The van der Waals surface area contributed by atoms with Crippen LogP contribution in [0.3, 0.4) is 0 Å². The van der Waals surface area contributed by atoms with Crippen molar-refractivity contribution in [2.45, 2.75) is 6.92 Å². The molecule has 1 heterocycles. The maximum Gasteiger partial charge on any atom is 0.344 e. The largest absolute Gasteiger partial charge is 0.482 e. The van der Waals surface area contributed by atoms with Gasteiger partial charge in [-0.3, -0.25) is 4.79 Å². The Labute approximate surface area is 162 Å². The minimum Gasteiger partial charge on any atom is -0.482 e. The Balaban J connectivity index is 1.50. The Morgan fingerprint density at radius 3 is 2.59 bits per heavy atom. The summed E-state index contributed by atoms with van der Waals surface area (Å²) in [5.74, 6) is -3.44. The number of hydrogen-bond donors (Lipinski definition) is 1. The second-order valence-electron chi connectivity index (χ2n) is 6.03. The molecule has 0 spiro atoms. The number of nitrogens with one attached hydrogen (secondary N) is 1. The van der Waals surface area contributed by atoms with Crippen molar-refractivity contribution >= 4 is 28.5 Å². The number of carbonyl (C=O) groups excluding carboxylic acids is 2. The Bertz CT molecular complexity index is 1140. The molecule has 7 nitrogen and oxygen atoms in total. The van der Waals surface area contributed by atoms with E-state index in [4.69, 9.17) is 13.9 Å². The first-order valence-corrected chi connectivity index (χ1v) is 8.39. The van der Waals surface area contributed by atoms with Crippen LogP contribution in [0.15, 0.2) is 51.7 Å². The van der Waals surface area contributed by atoms with E-state index in [-0.39, 0.29) is 11.4 Å². The number of aryl methyl sites for hydroxylation is 1. The van der Waals surface area contributed by atoms with Crippen LogP contribution >= 0.6 is 0 Å². The zero-order chi connectivity index (χ0) is 21.0. The van der Waals surface area contributed by atoms with E-state index < -0.39 is 42.4 Å². The average Bonchev–Trinajstić information content (AvgIpc) is 2.67. The van der Waals surface area contributed by atoms with Crippen LogP contribution in [-0.4, -0.2) is 25.1 Å². The van der Waals surface area contributed by atoms with Gasteiger partial charge in [0, 0.05) is 29.3 Å². The second-order valence-corrected chi connectivity index (χ2v) is 6.03. The van der Waals surface area contributed by atoms with E-state index in [9.17, 15) is 23.2 Å². The summed E-state index contributed by atoms with van der Waals surface area (Å²) in [5, 5.41) is 2.99. The van der Waals surface area contributed by atoms with Crippen LogP contribution in [0.5, 0.6) is 5.75 Å². The average molecular weight is 403 g/mol. The fourth-order valence-electron chi connectivity index (χ4n) is 2.50. The van der Waals surface area contributed by atoms with Crippen LogP contribution in [0.2, 0.25) is 0 Å². The topological polar surface area (TPSA) is 94.8 Å². The minimum atomic E-state index is -1.12. The third-order valence-corrected chi connectivity index (χ3v) is 3.85. The summed E-state index contributed by atoms with van der Waals surface area (Å²) in [6, 6.07) is 8.94. The molecule has 0 atom stereocenters. The number of halogens is 2. The molecule has 0 fully saturated rings. The lowest BCUT2D eigenvalue weighted by atomic mass is 10.1. The Morgan fingerprint density at radius 2 is 1.83 bits per heavy atom. The van der Waals surface area contributed by atoms with Crippen molar-refractivity contribution in [3.05, 3.63) is 70.1 Å². The third kappa shape index (κ3) is 5.16. The maximum absolute atomic E-state index is 13.1. The summed E-state index contributed by atoms with van der Waals surface area (Å²) < 4.78 is 41.1. The molecule has 3 aromatic rings. The van der Waals surface area contributed by atoms with Crippen molar-refractivity contribution in [3.8, 4) is 5.75 Å². The van der Waals surface area contributed by atoms with Gasteiger partial charge >= 0.3 is 11.6 Å². The summed E-state index contributed by atoms with van der Waals surface area (Å²) in [5.41, 5.74) is 0.578. The molecule has 3 rings (SSSR count). The first-order valence-electron chi connectivity index (χ1n) is 8.39. The number of amides is 1. The molecule has 150 valence electrons. The summed E-state index contributed by atoms with van der Waals surface area (Å²) in [6.07, 6.45) is 0. The predicted molar refractivity (Wildman–Crippen MR) is 98.7 cm³/mol.